The molecule has 2 amide bonds. The van der Waals surface area contributed by atoms with Crippen LogP contribution in [-0.4, -0.2) is 11.0 Å². The number of nitrogen functional groups attached to an aromatic ring is 1. The molecule has 2 aromatic carbocycles. The Kier molecular flexibility index (Phi) is 5.24. The maximum absolute atomic E-state index is 12.2. The summed E-state index contributed by atoms with van der Waals surface area (Å²) in [7, 11) is 0. The Morgan fingerprint density at radius 1 is 1.04 bits per heavy atom. The lowest BCUT2D eigenvalue weighted by atomic mass is 10.2. The third-order valence-electron chi connectivity index (χ3n) is 3.52. The second-order valence-electron chi connectivity index (χ2n) is 5.59. The number of benzene rings is 2. The number of carbonyl (C=O) groups excluding carboxylic acids is 1. The molecule has 0 fully saturated rings. The first-order valence-electron chi connectivity index (χ1n) is 7.83. The van der Waals surface area contributed by atoms with E-state index in [4.69, 9.17) is 22.1 Å². The molecule has 0 aliphatic heterocycles. The van der Waals surface area contributed by atoms with E-state index in [1.807, 2.05) is 13.0 Å². The summed E-state index contributed by atoms with van der Waals surface area (Å²) < 4.78 is 5.70. The number of amides is 2. The van der Waals surface area contributed by atoms with Crippen molar-refractivity contribution in [2.75, 3.05) is 16.4 Å². The number of ether oxygens (including phenoxy) is 1. The molecule has 0 aliphatic rings. The summed E-state index contributed by atoms with van der Waals surface area (Å²) in [6.45, 7) is 1.90. The first kappa shape index (κ1) is 17.6. The van der Waals surface area contributed by atoms with Crippen molar-refractivity contribution in [2.24, 2.45) is 0 Å². The predicted octanol–water partition coefficient (Wildman–Crippen LogP) is 5.06. The molecule has 3 aromatic rings. The van der Waals surface area contributed by atoms with Crippen LogP contribution in [0.1, 0.15) is 5.56 Å². The van der Waals surface area contributed by atoms with Crippen LogP contribution < -0.4 is 21.1 Å². The zero-order chi connectivity index (χ0) is 18.5. The monoisotopic (exact) mass is 368 g/mol. The average molecular weight is 369 g/mol. The van der Waals surface area contributed by atoms with E-state index < -0.39 is 0 Å². The highest BCUT2D eigenvalue weighted by atomic mass is 35.5. The van der Waals surface area contributed by atoms with Crippen LogP contribution in [-0.2, 0) is 0 Å². The predicted molar refractivity (Wildman–Crippen MR) is 104 cm³/mol. The fourth-order valence-corrected chi connectivity index (χ4v) is 2.37. The minimum absolute atomic E-state index is 0.378. The third-order valence-corrected chi connectivity index (χ3v) is 3.92. The van der Waals surface area contributed by atoms with Gasteiger partial charge in [-0.15, -0.1) is 0 Å². The number of nitrogens with two attached hydrogens (primary N) is 1. The Morgan fingerprint density at radius 2 is 1.81 bits per heavy atom. The van der Waals surface area contributed by atoms with Crippen LogP contribution >= 0.6 is 11.6 Å². The molecular formula is C19H17ClN4O2. The Balaban J connectivity index is 1.65. The van der Waals surface area contributed by atoms with Crippen molar-refractivity contribution >= 4 is 34.8 Å². The number of hydrogen-bond acceptors (Lipinski definition) is 4. The van der Waals surface area contributed by atoms with Crippen LogP contribution in [0, 0.1) is 6.92 Å². The SMILES string of the molecule is Cc1ccc(NC(=O)Nc2cccc(Oc3ccc(N)nc3)c2)cc1Cl. The molecule has 3 rings (SSSR count). The summed E-state index contributed by atoms with van der Waals surface area (Å²) in [6, 6.07) is 15.3. The first-order chi connectivity index (χ1) is 12.5. The molecular weight excluding hydrogens is 352 g/mol. The Hall–Kier alpha value is -3.25. The lowest BCUT2D eigenvalue weighted by molar-refractivity contribution is 0.262. The molecule has 1 heterocycles. The second kappa shape index (κ2) is 7.76. The van der Waals surface area contributed by atoms with Crippen molar-refractivity contribution in [3.05, 3.63) is 71.4 Å². The van der Waals surface area contributed by atoms with Gasteiger partial charge in [0.2, 0.25) is 0 Å². The van der Waals surface area contributed by atoms with Gasteiger partial charge in [0, 0.05) is 22.5 Å². The molecule has 0 saturated heterocycles. The summed E-state index contributed by atoms with van der Waals surface area (Å²) in [5.41, 5.74) is 7.69. The third kappa shape index (κ3) is 4.64. The van der Waals surface area contributed by atoms with E-state index in [1.54, 1.807) is 48.5 Å². The summed E-state index contributed by atoms with van der Waals surface area (Å²) in [6.07, 6.45) is 1.53. The van der Waals surface area contributed by atoms with Crippen molar-refractivity contribution < 1.29 is 9.53 Å². The number of urea groups is 1. The number of carbonyl (C=O) groups is 1. The highest BCUT2D eigenvalue weighted by Crippen LogP contribution is 2.24. The van der Waals surface area contributed by atoms with Gasteiger partial charge >= 0.3 is 6.03 Å². The standard InChI is InChI=1S/C19H17ClN4O2/c1-12-5-6-14(10-17(12)20)24-19(25)23-13-3-2-4-15(9-13)26-16-7-8-18(21)22-11-16/h2-11H,1H3,(H2,21,22)(H2,23,24,25). The highest BCUT2D eigenvalue weighted by Gasteiger charge is 2.06. The lowest BCUT2D eigenvalue weighted by Gasteiger charge is -2.10. The molecule has 6 nitrogen and oxygen atoms in total. The number of pyridine rings is 1. The number of nitrogens with zero attached hydrogens (tertiary/aromatic N) is 1. The quantitative estimate of drug-likeness (QED) is 0.600. The summed E-state index contributed by atoms with van der Waals surface area (Å²) in [5.74, 6) is 1.53. The van der Waals surface area contributed by atoms with E-state index in [0.717, 1.165) is 5.56 Å². The van der Waals surface area contributed by atoms with Gasteiger partial charge in [-0.3, -0.25) is 0 Å². The van der Waals surface area contributed by atoms with Crippen molar-refractivity contribution in [2.45, 2.75) is 6.92 Å². The Bertz CT molecular complexity index is 929. The van der Waals surface area contributed by atoms with Crippen LogP contribution in [0.4, 0.5) is 22.0 Å². The molecule has 7 heteroatoms. The maximum Gasteiger partial charge on any atom is 0.323 e. The van der Waals surface area contributed by atoms with Gasteiger partial charge in [-0.1, -0.05) is 23.7 Å². The highest BCUT2D eigenvalue weighted by molar-refractivity contribution is 6.31. The van der Waals surface area contributed by atoms with E-state index in [9.17, 15) is 4.79 Å². The molecule has 0 saturated carbocycles. The number of nitrogens with one attached hydrogen (secondary N) is 2. The molecule has 132 valence electrons. The van der Waals surface area contributed by atoms with Crippen LogP contribution in [0.5, 0.6) is 11.5 Å². The summed E-state index contributed by atoms with van der Waals surface area (Å²) >= 11 is 6.06. The normalized spacial score (nSPS) is 10.2. The van der Waals surface area contributed by atoms with E-state index >= 15 is 0 Å². The first-order valence-corrected chi connectivity index (χ1v) is 8.21. The Morgan fingerprint density at radius 3 is 2.50 bits per heavy atom. The fraction of sp³-hybridized carbons (Fsp3) is 0.0526. The van der Waals surface area contributed by atoms with Crippen LogP contribution in [0.15, 0.2) is 60.8 Å². The number of aryl methyl sites for hydroxylation is 1. The molecule has 0 unspecified atom stereocenters. The number of aromatic nitrogens is 1. The van der Waals surface area contributed by atoms with Gasteiger partial charge in [-0.05, 0) is 48.9 Å². The van der Waals surface area contributed by atoms with Crippen LogP contribution in [0.2, 0.25) is 5.02 Å². The van der Waals surface area contributed by atoms with Crippen molar-refractivity contribution in [3.63, 3.8) is 0 Å². The van der Waals surface area contributed by atoms with E-state index in [1.165, 1.54) is 6.20 Å². The van der Waals surface area contributed by atoms with Gasteiger partial charge in [-0.2, -0.15) is 0 Å². The van der Waals surface area contributed by atoms with Gasteiger partial charge < -0.3 is 21.1 Å². The second-order valence-corrected chi connectivity index (χ2v) is 6.00. The molecule has 0 radical (unpaired) electrons. The minimum atomic E-state index is -0.378. The van der Waals surface area contributed by atoms with Crippen molar-refractivity contribution in [1.82, 2.24) is 4.98 Å². The molecule has 4 N–H and O–H groups in total. The Labute approximate surface area is 156 Å². The number of halogens is 1. The maximum atomic E-state index is 12.2. The van der Waals surface area contributed by atoms with E-state index in [2.05, 4.69) is 15.6 Å². The van der Waals surface area contributed by atoms with Crippen molar-refractivity contribution in [3.8, 4) is 11.5 Å². The summed E-state index contributed by atoms with van der Waals surface area (Å²) in [4.78, 5) is 16.1. The van der Waals surface area contributed by atoms with Gasteiger partial charge in [-0.25, -0.2) is 9.78 Å². The van der Waals surface area contributed by atoms with Gasteiger partial charge in [0.25, 0.3) is 0 Å². The van der Waals surface area contributed by atoms with E-state index in [0.29, 0.717) is 33.7 Å². The molecule has 0 aliphatic carbocycles. The zero-order valence-corrected chi connectivity index (χ0v) is 14.7. The van der Waals surface area contributed by atoms with Gasteiger partial charge in [0.05, 0.1) is 6.20 Å². The minimum Gasteiger partial charge on any atom is -0.456 e. The van der Waals surface area contributed by atoms with Gasteiger partial charge in [0.1, 0.15) is 17.3 Å². The topological polar surface area (TPSA) is 89.3 Å². The smallest absolute Gasteiger partial charge is 0.323 e. The number of hydrogen-bond donors (Lipinski definition) is 3. The number of anilines is 3. The van der Waals surface area contributed by atoms with Crippen molar-refractivity contribution in [1.29, 1.82) is 0 Å². The molecule has 0 atom stereocenters. The zero-order valence-electron chi connectivity index (χ0n) is 14.0. The largest absolute Gasteiger partial charge is 0.456 e. The molecule has 26 heavy (non-hydrogen) atoms. The van der Waals surface area contributed by atoms with Crippen LogP contribution in [0.25, 0.3) is 0 Å². The van der Waals surface area contributed by atoms with Gasteiger partial charge in [0.15, 0.2) is 0 Å². The molecule has 1 aromatic heterocycles. The molecule has 0 bridgehead atoms. The average Bonchev–Trinajstić information content (AvgIpc) is 2.60. The molecule has 0 spiro atoms. The number of rotatable bonds is 4. The summed E-state index contributed by atoms with van der Waals surface area (Å²) in [5, 5.41) is 6.08. The van der Waals surface area contributed by atoms with Crippen LogP contribution in [0.3, 0.4) is 0 Å². The van der Waals surface area contributed by atoms with E-state index in [-0.39, 0.29) is 6.03 Å². The lowest BCUT2D eigenvalue weighted by Crippen LogP contribution is -2.19. The fourth-order valence-electron chi connectivity index (χ4n) is 2.19.